The Balaban J connectivity index is 1.68. The van der Waals surface area contributed by atoms with E-state index >= 15 is 0 Å². The molecule has 0 unspecified atom stereocenters. The van der Waals surface area contributed by atoms with Crippen LogP contribution in [-0.4, -0.2) is 0 Å². The predicted octanol–water partition coefficient (Wildman–Crippen LogP) is 10.6. The van der Waals surface area contributed by atoms with Crippen LogP contribution in [0.15, 0.2) is 48.5 Å². The van der Waals surface area contributed by atoms with Crippen LogP contribution in [0.3, 0.4) is 0 Å². The molecule has 0 nitrogen and oxygen atoms in total. The lowest BCUT2D eigenvalue weighted by Crippen LogP contribution is -1.98. The highest BCUT2D eigenvalue weighted by Gasteiger charge is 2.09. The predicted molar refractivity (Wildman–Crippen MR) is 145 cm³/mol. The molecule has 0 heteroatoms. The SMILES string of the molecule is CCCCCCCCCc1ccc2cc3ccccc3cc2c1CCCCCCCCC. The maximum Gasteiger partial charge on any atom is -0.0143 e. The van der Waals surface area contributed by atoms with Crippen LogP contribution >= 0.6 is 0 Å². The Labute approximate surface area is 197 Å². The first-order valence-electron chi connectivity index (χ1n) is 13.8. The quantitative estimate of drug-likeness (QED) is 0.156. The topological polar surface area (TPSA) is 0 Å². The van der Waals surface area contributed by atoms with Crippen molar-refractivity contribution in [2.75, 3.05) is 0 Å². The zero-order valence-electron chi connectivity index (χ0n) is 20.9. The van der Waals surface area contributed by atoms with Crippen molar-refractivity contribution in [1.82, 2.24) is 0 Å². The van der Waals surface area contributed by atoms with Gasteiger partial charge in [-0.1, -0.05) is 127 Å². The number of hydrogen-bond acceptors (Lipinski definition) is 0. The molecule has 0 N–H and O–H groups in total. The molecule has 0 amide bonds. The minimum Gasteiger partial charge on any atom is -0.0654 e. The van der Waals surface area contributed by atoms with Gasteiger partial charge in [0, 0.05) is 0 Å². The molecule has 0 bridgehead atoms. The Hall–Kier alpha value is -1.82. The first-order valence-corrected chi connectivity index (χ1v) is 13.8. The molecule has 0 radical (unpaired) electrons. The van der Waals surface area contributed by atoms with Crippen molar-refractivity contribution in [3.05, 3.63) is 59.7 Å². The van der Waals surface area contributed by atoms with Gasteiger partial charge in [-0.05, 0) is 70.5 Å². The third kappa shape index (κ3) is 7.65. The molecular weight excluding hydrogens is 384 g/mol. The van der Waals surface area contributed by atoms with Gasteiger partial charge in [0.25, 0.3) is 0 Å². The molecular formula is C32H46. The Kier molecular flexibility index (Phi) is 11.1. The molecule has 3 rings (SSSR count). The van der Waals surface area contributed by atoms with Crippen molar-refractivity contribution in [3.8, 4) is 0 Å². The fourth-order valence-electron chi connectivity index (χ4n) is 5.18. The highest BCUT2D eigenvalue weighted by molar-refractivity contribution is 6.00. The highest BCUT2D eigenvalue weighted by Crippen LogP contribution is 2.30. The second kappa shape index (κ2) is 14.4. The molecule has 32 heavy (non-hydrogen) atoms. The summed E-state index contributed by atoms with van der Waals surface area (Å²) in [5, 5.41) is 5.68. The molecule has 0 atom stereocenters. The first-order chi connectivity index (χ1) is 15.8. The second-order valence-corrected chi connectivity index (χ2v) is 9.87. The summed E-state index contributed by atoms with van der Waals surface area (Å²) in [7, 11) is 0. The molecule has 3 aromatic rings. The van der Waals surface area contributed by atoms with Crippen molar-refractivity contribution in [2.24, 2.45) is 0 Å². The summed E-state index contributed by atoms with van der Waals surface area (Å²) in [5.41, 5.74) is 3.26. The van der Waals surface area contributed by atoms with Gasteiger partial charge < -0.3 is 0 Å². The van der Waals surface area contributed by atoms with E-state index in [4.69, 9.17) is 0 Å². The number of rotatable bonds is 16. The van der Waals surface area contributed by atoms with Crippen molar-refractivity contribution in [2.45, 2.75) is 117 Å². The Morgan fingerprint density at radius 3 is 1.62 bits per heavy atom. The molecule has 0 saturated heterocycles. The van der Waals surface area contributed by atoms with E-state index in [-0.39, 0.29) is 0 Å². The summed E-state index contributed by atoms with van der Waals surface area (Å²) in [6.45, 7) is 4.60. The number of hydrogen-bond donors (Lipinski definition) is 0. The van der Waals surface area contributed by atoms with E-state index in [0.717, 1.165) is 0 Å². The van der Waals surface area contributed by atoms with Crippen molar-refractivity contribution >= 4 is 21.5 Å². The van der Waals surface area contributed by atoms with Gasteiger partial charge in [0.05, 0.1) is 0 Å². The molecule has 174 valence electrons. The molecule has 0 saturated carbocycles. The maximum atomic E-state index is 2.47. The number of fused-ring (bicyclic) bond motifs is 2. The highest BCUT2D eigenvalue weighted by atomic mass is 14.1. The van der Waals surface area contributed by atoms with Crippen LogP contribution in [-0.2, 0) is 12.8 Å². The Morgan fingerprint density at radius 2 is 1.00 bits per heavy atom. The van der Waals surface area contributed by atoms with Crippen LogP contribution in [0.1, 0.15) is 115 Å². The summed E-state index contributed by atoms with van der Waals surface area (Å²) in [4.78, 5) is 0. The molecule has 3 aromatic carbocycles. The summed E-state index contributed by atoms with van der Waals surface area (Å²) in [5.74, 6) is 0. The summed E-state index contributed by atoms with van der Waals surface area (Å²) >= 11 is 0. The fraction of sp³-hybridized carbons (Fsp3) is 0.562. The zero-order chi connectivity index (χ0) is 22.4. The van der Waals surface area contributed by atoms with Crippen molar-refractivity contribution in [3.63, 3.8) is 0 Å². The Bertz CT molecular complexity index is 920. The number of unbranched alkanes of at least 4 members (excludes halogenated alkanes) is 12. The van der Waals surface area contributed by atoms with Crippen LogP contribution in [0.2, 0.25) is 0 Å². The first kappa shape index (κ1) is 24.8. The van der Waals surface area contributed by atoms with Gasteiger partial charge in [0.15, 0.2) is 0 Å². The third-order valence-electron chi connectivity index (χ3n) is 7.17. The van der Waals surface area contributed by atoms with E-state index in [9.17, 15) is 0 Å². The van der Waals surface area contributed by atoms with E-state index in [1.54, 1.807) is 11.1 Å². The lowest BCUT2D eigenvalue weighted by molar-refractivity contribution is 0.583. The van der Waals surface area contributed by atoms with Crippen LogP contribution in [0.5, 0.6) is 0 Å². The fourth-order valence-corrected chi connectivity index (χ4v) is 5.18. The van der Waals surface area contributed by atoms with E-state index < -0.39 is 0 Å². The van der Waals surface area contributed by atoms with Crippen LogP contribution < -0.4 is 0 Å². The molecule has 0 aliphatic heterocycles. The molecule has 0 heterocycles. The van der Waals surface area contributed by atoms with Gasteiger partial charge in [0.1, 0.15) is 0 Å². The second-order valence-electron chi connectivity index (χ2n) is 9.87. The molecule has 0 fully saturated rings. The van der Waals surface area contributed by atoms with Crippen molar-refractivity contribution < 1.29 is 0 Å². The van der Waals surface area contributed by atoms with Gasteiger partial charge in [-0.25, -0.2) is 0 Å². The Morgan fingerprint density at radius 1 is 0.469 bits per heavy atom. The van der Waals surface area contributed by atoms with E-state index in [2.05, 4.69) is 62.4 Å². The molecule has 0 aliphatic rings. The van der Waals surface area contributed by atoms with Crippen molar-refractivity contribution in [1.29, 1.82) is 0 Å². The van der Waals surface area contributed by atoms with Crippen LogP contribution in [0.25, 0.3) is 21.5 Å². The average Bonchev–Trinajstić information content (AvgIpc) is 2.82. The van der Waals surface area contributed by atoms with Gasteiger partial charge in [-0.3, -0.25) is 0 Å². The maximum absolute atomic E-state index is 2.47. The molecule has 0 aliphatic carbocycles. The monoisotopic (exact) mass is 430 g/mol. The van der Waals surface area contributed by atoms with Gasteiger partial charge in [-0.15, -0.1) is 0 Å². The smallest absolute Gasteiger partial charge is 0.0143 e. The van der Waals surface area contributed by atoms with Gasteiger partial charge in [0.2, 0.25) is 0 Å². The molecule has 0 spiro atoms. The lowest BCUT2D eigenvalue weighted by Gasteiger charge is -2.15. The zero-order valence-corrected chi connectivity index (χ0v) is 20.9. The summed E-state index contributed by atoms with van der Waals surface area (Å²) < 4.78 is 0. The van der Waals surface area contributed by atoms with E-state index in [1.165, 1.54) is 124 Å². The summed E-state index contributed by atoms with van der Waals surface area (Å²) in [6.07, 6.45) is 21.9. The van der Waals surface area contributed by atoms with Gasteiger partial charge in [-0.2, -0.15) is 0 Å². The van der Waals surface area contributed by atoms with E-state index in [0.29, 0.717) is 0 Å². The minimum atomic E-state index is 1.25. The van der Waals surface area contributed by atoms with Crippen LogP contribution in [0, 0.1) is 0 Å². The minimum absolute atomic E-state index is 1.25. The number of aryl methyl sites for hydroxylation is 2. The largest absolute Gasteiger partial charge is 0.0654 e. The number of benzene rings is 3. The van der Waals surface area contributed by atoms with E-state index in [1.807, 2.05) is 0 Å². The lowest BCUT2D eigenvalue weighted by atomic mass is 9.90. The molecule has 0 aromatic heterocycles. The normalized spacial score (nSPS) is 11.6. The van der Waals surface area contributed by atoms with Crippen LogP contribution in [0.4, 0.5) is 0 Å². The van der Waals surface area contributed by atoms with Gasteiger partial charge >= 0.3 is 0 Å². The average molecular weight is 431 g/mol. The third-order valence-corrected chi connectivity index (χ3v) is 7.17. The standard InChI is InChI=1S/C32H46/c1-3-5-7-9-11-13-15-19-27-23-24-30-25-28-20-17-18-21-29(28)26-32(30)31(27)22-16-14-12-10-8-6-4-2/h17-18,20-21,23-26H,3-16,19,22H2,1-2H3. The summed E-state index contributed by atoms with van der Waals surface area (Å²) in [6, 6.07) is 18.5.